The van der Waals surface area contributed by atoms with Crippen molar-refractivity contribution in [3.63, 3.8) is 0 Å². The molecule has 1 N–H and O–H groups in total. The first-order chi connectivity index (χ1) is 6.11. The Morgan fingerprint density at radius 2 is 2.31 bits per heavy atom. The third-order valence-corrected chi connectivity index (χ3v) is 1.53. The number of furan rings is 1. The number of halogens is 2. The van der Waals surface area contributed by atoms with Gasteiger partial charge in [0.25, 0.3) is 5.91 Å². The number of rotatable bonds is 3. The minimum Gasteiger partial charge on any atom is -0.467 e. The van der Waals surface area contributed by atoms with E-state index < -0.39 is 18.4 Å². The lowest BCUT2D eigenvalue weighted by molar-refractivity contribution is -0.132. The highest BCUT2D eigenvalue weighted by Gasteiger charge is 2.18. The summed E-state index contributed by atoms with van der Waals surface area (Å²) in [7, 11) is 0. The number of nitrogens with one attached hydrogen (secondary N) is 1. The van der Waals surface area contributed by atoms with Crippen molar-refractivity contribution in [1.29, 1.82) is 0 Å². The van der Waals surface area contributed by atoms with Gasteiger partial charge in [-0.2, -0.15) is 8.78 Å². The van der Waals surface area contributed by atoms with Crippen molar-refractivity contribution >= 4 is 5.91 Å². The second kappa shape index (κ2) is 4.02. The van der Waals surface area contributed by atoms with Gasteiger partial charge in [-0.3, -0.25) is 4.79 Å². The van der Waals surface area contributed by atoms with Gasteiger partial charge in [-0.15, -0.1) is 0 Å². The van der Waals surface area contributed by atoms with Crippen LogP contribution >= 0.6 is 0 Å². The first kappa shape index (κ1) is 9.70. The smallest absolute Gasteiger partial charge is 0.315 e. The highest BCUT2D eigenvalue weighted by molar-refractivity contribution is 5.79. The molecule has 1 amide bonds. The minimum absolute atomic E-state index is 0.453. The molecular weight excluding hydrogens is 180 g/mol. The number of carbonyl (C=O) groups is 1. The van der Waals surface area contributed by atoms with Crippen molar-refractivity contribution in [2.75, 3.05) is 0 Å². The van der Waals surface area contributed by atoms with Crippen LogP contribution in [0.4, 0.5) is 8.78 Å². The fraction of sp³-hybridized carbons (Fsp3) is 0.375. The van der Waals surface area contributed by atoms with Crippen molar-refractivity contribution in [3.05, 3.63) is 24.2 Å². The summed E-state index contributed by atoms with van der Waals surface area (Å²) in [6.45, 7) is 1.57. The van der Waals surface area contributed by atoms with Crippen LogP contribution in [0.25, 0.3) is 0 Å². The van der Waals surface area contributed by atoms with Crippen LogP contribution in [0.5, 0.6) is 0 Å². The molecule has 0 unspecified atom stereocenters. The number of carbonyl (C=O) groups excluding carboxylic acids is 1. The van der Waals surface area contributed by atoms with Gasteiger partial charge in [0.05, 0.1) is 12.3 Å². The van der Waals surface area contributed by atoms with E-state index in [2.05, 4.69) is 5.32 Å². The van der Waals surface area contributed by atoms with Crippen molar-refractivity contribution in [2.24, 2.45) is 0 Å². The van der Waals surface area contributed by atoms with Gasteiger partial charge in [0.1, 0.15) is 5.76 Å². The summed E-state index contributed by atoms with van der Waals surface area (Å²) in [5.74, 6) is -0.835. The largest absolute Gasteiger partial charge is 0.467 e. The fourth-order valence-corrected chi connectivity index (χ4v) is 0.885. The Labute approximate surface area is 73.7 Å². The summed E-state index contributed by atoms with van der Waals surface area (Å²) < 4.78 is 28.5. The first-order valence-corrected chi connectivity index (χ1v) is 3.73. The van der Waals surface area contributed by atoms with E-state index in [4.69, 9.17) is 4.42 Å². The SMILES string of the molecule is C[C@H](NC(=O)C(F)F)c1ccco1. The molecule has 1 atom stereocenters. The van der Waals surface area contributed by atoms with Crippen LogP contribution in [0.15, 0.2) is 22.8 Å². The minimum atomic E-state index is -2.99. The lowest BCUT2D eigenvalue weighted by Crippen LogP contribution is -2.31. The maximum Gasteiger partial charge on any atom is 0.315 e. The third kappa shape index (κ3) is 2.54. The number of hydrogen-bond acceptors (Lipinski definition) is 2. The van der Waals surface area contributed by atoms with E-state index in [1.807, 2.05) is 0 Å². The Balaban J connectivity index is 2.51. The lowest BCUT2D eigenvalue weighted by atomic mass is 10.2. The maximum absolute atomic E-state index is 11.8. The van der Waals surface area contributed by atoms with Crippen molar-refractivity contribution < 1.29 is 18.0 Å². The predicted molar refractivity (Wildman–Crippen MR) is 41.3 cm³/mol. The summed E-state index contributed by atoms with van der Waals surface area (Å²) in [4.78, 5) is 10.5. The van der Waals surface area contributed by atoms with Crippen LogP contribution in [0.2, 0.25) is 0 Å². The van der Waals surface area contributed by atoms with Crippen molar-refractivity contribution in [1.82, 2.24) is 5.32 Å². The third-order valence-electron chi connectivity index (χ3n) is 1.53. The standard InChI is InChI=1S/C8H9F2NO2/c1-5(6-3-2-4-13-6)11-8(12)7(9)10/h2-5,7H,1H3,(H,11,12)/t5-/m0/s1. The van der Waals surface area contributed by atoms with Crippen LogP contribution in [0.1, 0.15) is 18.7 Å². The fourth-order valence-electron chi connectivity index (χ4n) is 0.885. The van der Waals surface area contributed by atoms with Gasteiger partial charge in [0.15, 0.2) is 0 Å². The molecule has 1 aromatic heterocycles. The molecule has 13 heavy (non-hydrogen) atoms. The quantitative estimate of drug-likeness (QED) is 0.786. The van der Waals surface area contributed by atoms with E-state index in [9.17, 15) is 13.6 Å². The van der Waals surface area contributed by atoms with Crippen LogP contribution in [0, 0.1) is 0 Å². The van der Waals surface area contributed by atoms with E-state index in [1.54, 1.807) is 19.1 Å². The average molecular weight is 189 g/mol. The molecule has 0 aliphatic heterocycles. The maximum atomic E-state index is 11.8. The first-order valence-electron chi connectivity index (χ1n) is 3.73. The highest BCUT2D eigenvalue weighted by atomic mass is 19.3. The lowest BCUT2D eigenvalue weighted by Gasteiger charge is -2.10. The molecule has 0 saturated heterocycles. The molecule has 0 radical (unpaired) electrons. The Hall–Kier alpha value is -1.39. The zero-order chi connectivity index (χ0) is 9.84. The van der Waals surface area contributed by atoms with E-state index in [0.717, 1.165) is 0 Å². The molecule has 0 saturated carbocycles. The van der Waals surface area contributed by atoms with E-state index in [0.29, 0.717) is 5.76 Å². The second-order valence-electron chi connectivity index (χ2n) is 2.55. The van der Waals surface area contributed by atoms with E-state index in [-0.39, 0.29) is 0 Å². The Kier molecular flexibility index (Phi) is 3.00. The van der Waals surface area contributed by atoms with Crippen LogP contribution in [-0.4, -0.2) is 12.3 Å². The molecule has 1 heterocycles. The predicted octanol–water partition coefficient (Wildman–Crippen LogP) is 1.72. The molecule has 72 valence electrons. The Bertz CT molecular complexity index is 272. The van der Waals surface area contributed by atoms with E-state index in [1.165, 1.54) is 6.26 Å². The zero-order valence-corrected chi connectivity index (χ0v) is 6.96. The molecule has 0 aliphatic rings. The number of amides is 1. The van der Waals surface area contributed by atoms with Gasteiger partial charge in [0.2, 0.25) is 0 Å². The normalized spacial score (nSPS) is 12.9. The average Bonchev–Trinajstić information content (AvgIpc) is 2.55. The number of alkyl halides is 2. The molecule has 0 spiro atoms. The summed E-state index contributed by atoms with van der Waals surface area (Å²) in [6.07, 6.45) is -1.57. The topological polar surface area (TPSA) is 42.2 Å². The van der Waals surface area contributed by atoms with Crippen molar-refractivity contribution in [3.8, 4) is 0 Å². The molecule has 5 heteroatoms. The summed E-state index contributed by atoms with van der Waals surface area (Å²) >= 11 is 0. The second-order valence-corrected chi connectivity index (χ2v) is 2.55. The van der Waals surface area contributed by atoms with Gasteiger partial charge < -0.3 is 9.73 Å². The zero-order valence-electron chi connectivity index (χ0n) is 6.96. The van der Waals surface area contributed by atoms with Gasteiger partial charge in [0, 0.05) is 0 Å². The van der Waals surface area contributed by atoms with Crippen LogP contribution in [-0.2, 0) is 4.79 Å². The van der Waals surface area contributed by atoms with Gasteiger partial charge >= 0.3 is 6.43 Å². The molecular formula is C8H9F2NO2. The molecule has 1 aromatic rings. The molecule has 0 aliphatic carbocycles. The Morgan fingerprint density at radius 1 is 1.62 bits per heavy atom. The molecule has 0 fully saturated rings. The van der Waals surface area contributed by atoms with Crippen LogP contribution in [0.3, 0.4) is 0 Å². The van der Waals surface area contributed by atoms with Crippen molar-refractivity contribution in [2.45, 2.75) is 19.4 Å². The summed E-state index contributed by atoms with van der Waals surface area (Å²) in [5, 5.41) is 2.10. The monoisotopic (exact) mass is 189 g/mol. The summed E-state index contributed by atoms with van der Waals surface area (Å²) in [6, 6.07) is 2.70. The molecule has 3 nitrogen and oxygen atoms in total. The Morgan fingerprint density at radius 3 is 2.77 bits per heavy atom. The van der Waals surface area contributed by atoms with Gasteiger partial charge in [-0.25, -0.2) is 0 Å². The van der Waals surface area contributed by atoms with Gasteiger partial charge in [-0.05, 0) is 19.1 Å². The number of hydrogen-bond donors (Lipinski definition) is 1. The molecule has 1 rings (SSSR count). The molecule has 0 aromatic carbocycles. The van der Waals surface area contributed by atoms with Gasteiger partial charge in [-0.1, -0.05) is 0 Å². The summed E-state index contributed by atoms with van der Waals surface area (Å²) in [5.41, 5.74) is 0. The molecule has 0 bridgehead atoms. The van der Waals surface area contributed by atoms with E-state index >= 15 is 0 Å². The van der Waals surface area contributed by atoms with Crippen LogP contribution < -0.4 is 5.32 Å². The highest BCUT2D eigenvalue weighted by Crippen LogP contribution is 2.12.